The van der Waals surface area contributed by atoms with E-state index in [0.29, 0.717) is 0 Å². The van der Waals surface area contributed by atoms with Crippen LogP contribution in [0.4, 0.5) is 0 Å². The Balaban J connectivity index is 2.05. The van der Waals surface area contributed by atoms with Gasteiger partial charge in [0.15, 0.2) is 0 Å². The molecular formula is C11H21N. The van der Waals surface area contributed by atoms with Crippen LogP contribution in [0.3, 0.4) is 0 Å². The molecule has 3 atom stereocenters. The van der Waals surface area contributed by atoms with Crippen LogP contribution in [0, 0.1) is 11.8 Å². The molecule has 12 heavy (non-hydrogen) atoms. The van der Waals surface area contributed by atoms with Crippen molar-refractivity contribution in [2.45, 2.75) is 45.1 Å². The van der Waals surface area contributed by atoms with Crippen molar-refractivity contribution in [2.75, 3.05) is 13.6 Å². The molecular weight excluding hydrogens is 146 g/mol. The molecule has 0 aromatic heterocycles. The van der Waals surface area contributed by atoms with Crippen LogP contribution in [0.15, 0.2) is 0 Å². The van der Waals surface area contributed by atoms with Crippen LogP contribution in [-0.4, -0.2) is 24.5 Å². The summed E-state index contributed by atoms with van der Waals surface area (Å²) in [6.45, 7) is 3.80. The van der Waals surface area contributed by atoms with E-state index in [1.165, 1.54) is 38.6 Å². The highest BCUT2D eigenvalue weighted by atomic mass is 15.1. The fraction of sp³-hybridized carbons (Fsp3) is 1.00. The maximum Gasteiger partial charge on any atom is 0.0123 e. The fourth-order valence-electron chi connectivity index (χ4n) is 3.22. The van der Waals surface area contributed by atoms with E-state index in [9.17, 15) is 0 Å². The Hall–Kier alpha value is -0.0400. The summed E-state index contributed by atoms with van der Waals surface area (Å²) in [4.78, 5) is 2.60. The second-order valence-electron chi connectivity index (χ2n) is 4.76. The Morgan fingerprint density at radius 3 is 2.67 bits per heavy atom. The molecule has 2 rings (SSSR count). The van der Waals surface area contributed by atoms with Gasteiger partial charge >= 0.3 is 0 Å². The van der Waals surface area contributed by atoms with Gasteiger partial charge in [-0.2, -0.15) is 0 Å². The molecule has 1 saturated heterocycles. The van der Waals surface area contributed by atoms with Crippen molar-refractivity contribution in [1.82, 2.24) is 4.90 Å². The van der Waals surface area contributed by atoms with Crippen molar-refractivity contribution in [3.63, 3.8) is 0 Å². The van der Waals surface area contributed by atoms with Gasteiger partial charge in [-0.15, -0.1) is 0 Å². The predicted molar refractivity (Wildman–Crippen MR) is 52.2 cm³/mol. The Bertz CT molecular complexity index is 137. The number of likely N-dealkylation sites (tertiary alicyclic amines) is 1. The Morgan fingerprint density at radius 1 is 1.08 bits per heavy atom. The van der Waals surface area contributed by atoms with Crippen molar-refractivity contribution in [3.8, 4) is 0 Å². The number of piperidine rings is 1. The lowest BCUT2D eigenvalue weighted by Crippen LogP contribution is -2.47. The number of hydrogen-bond donors (Lipinski definition) is 0. The van der Waals surface area contributed by atoms with Gasteiger partial charge in [-0.25, -0.2) is 0 Å². The lowest BCUT2D eigenvalue weighted by Gasteiger charge is -2.45. The Labute approximate surface area is 76.1 Å². The van der Waals surface area contributed by atoms with Crippen LogP contribution in [0.1, 0.15) is 39.0 Å². The van der Waals surface area contributed by atoms with Crippen molar-refractivity contribution in [1.29, 1.82) is 0 Å². The molecule has 0 aromatic rings. The van der Waals surface area contributed by atoms with Gasteiger partial charge in [-0.3, -0.25) is 0 Å². The molecule has 1 heteroatoms. The van der Waals surface area contributed by atoms with Gasteiger partial charge in [0.25, 0.3) is 0 Å². The first-order valence-electron chi connectivity index (χ1n) is 5.49. The van der Waals surface area contributed by atoms with Gasteiger partial charge in [0.1, 0.15) is 0 Å². The second kappa shape index (κ2) is 3.37. The minimum Gasteiger partial charge on any atom is -0.303 e. The molecule has 0 N–H and O–H groups in total. The fourth-order valence-corrected chi connectivity index (χ4v) is 3.22. The summed E-state index contributed by atoms with van der Waals surface area (Å²) in [5, 5.41) is 0. The normalized spacial score (nSPS) is 44.0. The van der Waals surface area contributed by atoms with Gasteiger partial charge < -0.3 is 4.90 Å². The largest absolute Gasteiger partial charge is 0.303 e. The van der Waals surface area contributed by atoms with Crippen molar-refractivity contribution >= 4 is 0 Å². The quantitative estimate of drug-likeness (QED) is 0.536. The average molecular weight is 167 g/mol. The van der Waals surface area contributed by atoms with E-state index in [0.717, 1.165) is 17.9 Å². The summed E-state index contributed by atoms with van der Waals surface area (Å²) < 4.78 is 0. The first-order valence-corrected chi connectivity index (χ1v) is 5.49. The Kier molecular flexibility index (Phi) is 2.40. The molecule has 3 unspecified atom stereocenters. The lowest BCUT2D eigenvalue weighted by molar-refractivity contribution is 0.0499. The SMILES string of the molecule is CC1CCCC2C1CCCN2C. The zero-order valence-electron chi connectivity index (χ0n) is 8.42. The molecule has 0 radical (unpaired) electrons. The number of fused-ring (bicyclic) bond motifs is 1. The molecule has 0 spiro atoms. The molecule has 0 aromatic carbocycles. The summed E-state index contributed by atoms with van der Waals surface area (Å²) >= 11 is 0. The van der Waals surface area contributed by atoms with Gasteiger partial charge in [0, 0.05) is 6.04 Å². The summed E-state index contributed by atoms with van der Waals surface area (Å²) in [6.07, 6.45) is 7.34. The smallest absolute Gasteiger partial charge is 0.0123 e. The molecule has 70 valence electrons. The summed E-state index contributed by atoms with van der Waals surface area (Å²) in [7, 11) is 2.31. The molecule has 2 fully saturated rings. The summed E-state index contributed by atoms with van der Waals surface area (Å²) in [6, 6.07) is 0.933. The third kappa shape index (κ3) is 1.39. The lowest BCUT2D eigenvalue weighted by atomic mass is 9.72. The molecule has 2 aliphatic rings. The highest BCUT2D eigenvalue weighted by Gasteiger charge is 2.34. The third-order valence-corrected chi connectivity index (χ3v) is 4.00. The monoisotopic (exact) mass is 167 g/mol. The van der Waals surface area contributed by atoms with Crippen LogP contribution in [0.5, 0.6) is 0 Å². The van der Waals surface area contributed by atoms with Crippen LogP contribution in [0.25, 0.3) is 0 Å². The number of nitrogens with zero attached hydrogens (tertiary/aromatic N) is 1. The van der Waals surface area contributed by atoms with Gasteiger partial charge in [-0.1, -0.05) is 19.8 Å². The van der Waals surface area contributed by atoms with Crippen LogP contribution >= 0.6 is 0 Å². The highest BCUT2D eigenvalue weighted by Crippen LogP contribution is 2.38. The van der Waals surface area contributed by atoms with Gasteiger partial charge in [-0.05, 0) is 44.7 Å². The predicted octanol–water partition coefficient (Wildman–Crippen LogP) is 2.52. The van der Waals surface area contributed by atoms with E-state index in [2.05, 4.69) is 18.9 Å². The average Bonchev–Trinajstić information content (AvgIpc) is 2.07. The topological polar surface area (TPSA) is 3.24 Å². The first kappa shape index (κ1) is 8.55. The molecule has 0 bridgehead atoms. The summed E-state index contributed by atoms with van der Waals surface area (Å²) in [5.74, 6) is 2.02. The van der Waals surface area contributed by atoms with Crippen LogP contribution < -0.4 is 0 Å². The van der Waals surface area contributed by atoms with Crippen molar-refractivity contribution in [2.24, 2.45) is 11.8 Å². The summed E-state index contributed by atoms with van der Waals surface area (Å²) in [5.41, 5.74) is 0. The highest BCUT2D eigenvalue weighted by molar-refractivity contribution is 4.88. The standard InChI is InChI=1S/C11H21N/c1-9-5-3-7-11-10(9)6-4-8-12(11)2/h9-11H,3-8H2,1-2H3. The van der Waals surface area contributed by atoms with E-state index in [4.69, 9.17) is 0 Å². The van der Waals surface area contributed by atoms with E-state index in [1.807, 2.05) is 0 Å². The zero-order valence-corrected chi connectivity index (χ0v) is 8.42. The third-order valence-electron chi connectivity index (χ3n) is 4.00. The van der Waals surface area contributed by atoms with E-state index in [-0.39, 0.29) is 0 Å². The maximum atomic E-state index is 2.60. The van der Waals surface area contributed by atoms with E-state index < -0.39 is 0 Å². The minimum absolute atomic E-state index is 0.933. The van der Waals surface area contributed by atoms with Crippen LogP contribution in [0.2, 0.25) is 0 Å². The van der Waals surface area contributed by atoms with E-state index >= 15 is 0 Å². The van der Waals surface area contributed by atoms with Crippen LogP contribution in [-0.2, 0) is 0 Å². The van der Waals surface area contributed by atoms with Crippen molar-refractivity contribution < 1.29 is 0 Å². The number of rotatable bonds is 0. The molecule has 1 aliphatic carbocycles. The van der Waals surface area contributed by atoms with Gasteiger partial charge in [0.2, 0.25) is 0 Å². The molecule has 0 amide bonds. The molecule has 1 nitrogen and oxygen atoms in total. The maximum absolute atomic E-state index is 2.60. The molecule has 1 aliphatic heterocycles. The molecule has 1 heterocycles. The second-order valence-corrected chi connectivity index (χ2v) is 4.76. The van der Waals surface area contributed by atoms with E-state index in [1.54, 1.807) is 0 Å². The van der Waals surface area contributed by atoms with Crippen molar-refractivity contribution in [3.05, 3.63) is 0 Å². The van der Waals surface area contributed by atoms with Gasteiger partial charge in [0.05, 0.1) is 0 Å². The Morgan fingerprint density at radius 2 is 1.92 bits per heavy atom. The molecule has 1 saturated carbocycles. The minimum atomic E-state index is 0.933. The first-order chi connectivity index (χ1) is 5.79. The number of hydrogen-bond acceptors (Lipinski definition) is 1. The zero-order chi connectivity index (χ0) is 8.55.